The lowest BCUT2D eigenvalue weighted by Crippen LogP contribution is -2.46. The first-order valence-electron chi connectivity index (χ1n) is 8.30. The lowest BCUT2D eigenvalue weighted by molar-refractivity contribution is -0.135. The number of rotatable bonds is 5. The van der Waals surface area contributed by atoms with Crippen molar-refractivity contribution in [2.24, 2.45) is 11.7 Å². The van der Waals surface area contributed by atoms with E-state index in [2.05, 4.69) is 10.3 Å². The first-order chi connectivity index (χ1) is 11.7. The standard InChI is InChI=1S/C17H24N4O4/c1-9(2)16(23)21-6-4-5-11(8-21)20-15-13(14(18)22)7-12(17(24)25)10(3)19-15/h7,9,11H,4-6,8H2,1-3H3,(H2,18,22)(H,19,20)(H,24,25). The van der Waals surface area contributed by atoms with Crippen molar-refractivity contribution >= 4 is 23.6 Å². The molecule has 2 amide bonds. The molecular weight excluding hydrogens is 324 g/mol. The van der Waals surface area contributed by atoms with Crippen LogP contribution in [-0.2, 0) is 4.79 Å². The van der Waals surface area contributed by atoms with Crippen LogP contribution >= 0.6 is 0 Å². The summed E-state index contributed by atoms with van der Waals surface area (Å²) in [4.78, 5) is 41.1. The average molecular weight is 348 g/mol. The lowest BCUT2D eigenvalue weighted by atomic mass is 10.0. The number of aromatic nitrogens is 1. The number of piperidine rings is 1. The first-order valence-corrected chi connectivity index (χ1v) is 8.30. The van der Waals surface area contributed by atoms with Gasteiger partial charge in [0.2, 0.25) is 5.91 Å². The molecule has 2 rings (SSSR count). The van der Waals surface area contributed by atoms with Crippen molar-refractivity contribution in [2.75, 3.05) is 18.4 Å². The van der Waals surface area contributed by atoms with Crippen LogP contribution in [0.1, 0.15) is 53.1 Å². The SMILES string of the molecule is Cc1nc(NC2CCCN(C(=O)C(C)C)C2)c(C(N)=O)cc1C(=O)O. The van der Waals surface area contributed by atoms with Crippen molar-refractivity contribution in [2.45, 2.75) is 39.7 Å². The zero-order chi connectivity index (χ0) is 18.7. The summed E-state index contributed by atoms with van der Waals surface area (Å²) in [6.45, 7) is 6.51. The highest BCUT2D eigenvalue weighted by molar-refractivity contribution is 6.00. The molecule has 25 heavy (non-hydrogen) atoms. The molecule has 0 bridgehead atoms. The number of likely N-dealkylation sites (tertiary alicyclic amines) is 1. The van der Waals surface area contributed by atoms with Crippen LogP contribution < -0.4 is 11.1 Å². The second kappa shape index (κ2) is 7.50. The number of anilines is 1. The Morgan fingerprint density at radius 1 is 1.36 bits per heavy atom. The van der Waals surface area contributed by atoms with Crippen LogP contribution in [0.3, 0.4) is 0 Å². The fraction of sp³-hybridized carbons (Fsp3) is 0.529. The summed E-state index contributed by atoms with van der Waals surface area (Å²) in [5.74, 6) is -1.63. The Kier molecular flexibility index (Phi) is 5.61. The molecule has 2 heterocycles. The molecule has 1 aromatic heterocycles. The largest absolute Gasteiger partial charge is 0.478 e. The smallest absolute Gasteiger partial charge is 0.337 e. The maximum Gasteiger partial charge on any atom is 0.337 e. The van der Waals surface area contributed by atoms with E-state index in [1.54, 1.807) is 11.8 Å². The molecule has 1 unspecified atom stereocenters. The predicted molar refractivity (Wildman–Crippen MR) is 92.5 cm³/mol. The molecule has 1 atom stereocenters. The van der Waals surface area contributed by atoms with Crippen LogP contribution in [0.15, 0.2) is 6.07 Å². The van der Waals surface area contributed by atoms with Crippen LogP contribution in [0.4, 0.5) is 5.82 Å². The molecule has 1 aromatic rings. The Labute approximate surface area is 146 Å². The summed E-state index contributed by atoms with van der Waals surface area (Å²) in [5.41, 5.74) is 5.66. The monoisotopic (exact) mass is 348 g/mol. The topological polar surface area (TPSA) is 126 Å². The van der Waals surface area contributed by atoms with Crippen LogP contribution in [0, 0.1) is 12.8 Å². The van der Waals surface area contributed by atoms with Gasteiger partial charge in [-0.05, 0) is 25.8 Å². The van der Waals surface area contributed by atoms with E-state index in [4.69, 9.17) is 5.73 Å². The molecular formula is C17H24N4O4. The van der Waals surface area contributed by atoms with Gasteiger partial charge in [0.25, 0.3) is 5.91 Å². The molecule has 0 saturated carbocycles. The Morgan fingerprint density at radius 2 is 2.04 bits per heavy atom. The molecule has 0 aromatic carbocycles. The normalized spacial score (nSPS) is 17.4. The minimum absolute atomic E-state index is 0.0373. The van der Waals surface area contributed by atoms with E-state index >= 15 is 0 Å². The third-order valence-electron chi connectivity index (χ3n) is 4.28. The maximum atomic E-state index is 12.2. The van der Waals surface area contributed by atoms with Gasteiger partial charge in [-0.3, -0.25) is 9.59 Å². The number of aryl methyl sites for hydroxylation is 1. The van der Waals surface area contributed by atoms with Crippen LogP contribution in [0.2, 0.25) is 0 Å². The highest BCUT2D eigenvalue weighted by atomic mass is 16.4. The second-order valence-electron chi connectivity index (χ2n) is 6.61. The van der Waals surface area contributed by atoms with Crippen LogP contribution in [-0.4, -0.2) is 51.9 Å². The van der Waals surface area contributed by atoms with Gasteiger partial charge in [0, 0.05) is 25.0 Å². The molecule has 1 fully saturated rings. The van der Waals surface area contributed by atoms with Crippen molar-refractivity contribution < 1.29 is 19.5 Å². The minimum Gasteiger partial charge on any atom is -0.478 e. The van der Waals surface area contributed by atoms with Crippen molar-refractivity contribution in [1.29, 1.82) is 0 Å². The molecule has 1 saturated heterocycles. The maximum absolute atomic E-state index is 12.2. The van der Waals surface area contributed by atoms with Gasteiger partial charge in [-0.2, -0.15) is 0 Å². The van der Waals surface area contributed by atoms with Gasteiger partial charge >= 0.3 is 5.97 Å². The summed E-state index contributed by atoms with van der Waals surface area (Å²) in [7, 11) is 0. The number of hydrogen-bond acceptors (Lipinski definition) is 5. The van der Waals surface area contributed by atoms with Crippen molar-refractivity contribution in [3.63, 3.8) is 0 Å². The molecule has 1 aliphatic rings. The van der Waals surface area contributed by atoms with Crippen molar-refractivity contribution in [3.05, 3.63) is 22.9 Å². The molecule has 136 valence electrons. The summed E-state index contributed by atoms with van der Waals surface area (Å²) in [6, 6.07) is 1.17. The third kappa shape index (κ3) is 4.26. The van der Waals surface area contributed by atoms with E-state index in [9.17, 15) is 19.5 Å². The van der Waals surface area contributed by atoms with E-state index in [0.717, 1.165) is 12.8 Å². The number of nitrogens with two attached hydrogens (primary N) is 1. The number of carboxylic acid groups (broad SMARTS) is 1. The van der Waals surface area contributed by atoms with Gasteiger partial charge in [-0.15, -0.1) is 0 Å². The van der Waals surface area contributed by atoms with E-state index < -0.39 is 11.9 Å². The van der Waals surface area contributed by atoms with E-state index in [-0.39, 0.29) is 34.8 Å². The Hall–Kier alpha value is -2.64. The molecule has 8 nitrogen and oxygen atoms in total. The number of nitrogens with one attached hydrogen (secondary N) is 1. The van der Waals surface area contributed by atoms with Crippen LogP contribution in [0.25, 0.3) is 0 Å². The lowest BCUT2D eigenvalue weighted by Gasteiger charge is -2.34. The minimum atomic E-state index is -1.16. The number of aromatic carboxylic acids is 1. The quantitative estimate of drug-likeness (QED) is 0.735. The zero-order valence-electron chi connectivity index (χ0n) is 14.7. The average Bonchev–Trinajstić information content (AvgIpc) is 2.53. The van der Waals surface area contributed by atoms with Gasteiger partial charge in [-0.25, -0.2) is 9.78 Å². The number of nitrogens with zero attached hydrogens (tertiary/aromatic N) is 2. The molecule has 4 N–H and O–H groups in total. The first kappa shape index (κ1) is 18.7. The Bertz CT molecular complexity index is 702. The van der Waals surface area contributed by atoms with E-state index in [0.29, 0.717) is 18.8 Å². The number of carbonyl (C=O) groups excluding carboxylic acids is 2. The number of carboxylic acids is 1. The predicted octanol–water partition coefficient (Wildman–Crippen LogP) is 1.25. The number of carbonyl (C=O) groups is 3. The summed E-state index contributed by atoms with van der Waals surface area (Å²) in [5, 5.41) is 12.3. The molecule has 1 aliphatic heterocycles. The Balaban J connectivity index is 2.24. The fourth-order valence-electron chi connectivity index (χ4n) is 2.97. The van der Waals surface area contributed by atoms with Gasteiger partial charge < -0.3 is 21.1 Å². The van der Waals surface area contributed by atoms with Crippen LogP contribution in [0.5, 0.6) is 0 Å². The number of pyridine rings is 1. The number of primary amides is 1. The fourth-order valence-corrected chi connectivity index (χ4v) is 2.97. The highest BCUT2D eigenvalue weighted by Crippen LogP contribution is 2.22. The van der Waals surface area contributed by atoms with E-state index in [1.165, 1.54) is 6.07 Å². The summed E-state index contributed by atoms with van der Waals surface area (Å²) in [6.07, 6.45) is 1.66. The van der Waals surface area contributed by atoms with Crippen molar-refractivity contribution in [1.82, 2.24) is 9.88 Å². The van der Waals surface area contributed by atoms with E-state index in [1.807, 2.05) is 13.8 Å². The Morgan fingerprint density at radius 3 is 2.60 bits per heavy atom. The summed E-state index contributed by atoms with van der Waals surface area (Å²) >= 11 is 0. The highest BCUT2D eigenvalue weighted by Gasteiger charge is 2.26. The molecule has 0 radical (unpaired) electrons. The summed E-state index contributed by atoms with van der Waals surface area (Å²) < 4.78 is 0. The van der Waals surface area contributed by atoms with Crippen molar-refractivity contribution in [3.8, 4) is 0 Å². The molecule has 8 heteroatoms. The number of hydrogen-bond donors (Lipinski definition) is 3. The zero-order valence-corrected chi connectivity index (χ0v) is 14.7. The van der Waals surface area contributed by atoms with Gasteiger partial charge in [0.05, 0.1) is 16.8 Å². The van der Waals surface area contributed by atoms with Gasteiger partial charge in [0.1, 0.15) is 5.82 Å². The molecule has 0 spiro atoms. The molecule has 0 aliphatic carbocycles. The second-order valence-corrected chi connectivity index (χ2v) is 6.61. The van der Waals surface area contributed by atoms with Gasteiger partial charge in [-0.1, -0.05) is 13.8 Å². The third-order valence-corrected chi connectivity index (χ3v) is 4.28. The number of amides is 2. The van der Waals surface area contributed by atoms with Gasteiger partial charge in [0.15, 0.2) is 0 Å².